The maximum atomic E-state index is 14.3. The summed E-state index contributed by atoms with van der Waals surface area (Å²) in [5.74, 6) is -0.300. The zero-order valence-electron chi connectivity index (χ0n) is 21.3. The number of benzene rings is 1. The smallest absolute Gasteiger partial charge is 0.305 e. The molecule has 5 rings (SSSR count). The fourth-order valence-electron chi connectivity index (χ4n) is 5.67. The first-order chi connectivity index (χ1) is 18.0. The number of carbonyl (C=O) groups is 2. The Bertz CT molecular complexity index is 1140. The predicted octanol–water partition coefficient (Wildman–Crippen LogP) is 4.43. The lowest BCUT2D eigenvalue weighted by atomic mass is 9.94. The van der Waals surface area contributed by atoms with Crippen LogP contribution >= 0.6 is 0 Å². The minimum atomic E-state index is -0.987. The first-order valence-electron chi connectivity index (χ1n) is 13.7. The number of likely N-dealkylation sites (tertiary alicyclic amines) is 1. The van der Waals surface area contributed by atoms with E-state index in [4.69, 9.17) is 4.98 Å². The van der Waals surface area contributed by atoms with E-state index in [2.05, 4.69) is 27.7 Å². The van der Waals surface area contributed by atoms with Gasteiger partial charge in [0, 0.05) is 18.8 Å². The number of pyridine rings is 1. The third-order valence-electron chi connectivity index (χ3n) is 7.87. The van der Waals surface area contributed by atoms with Gasteiger partial charge in [0.2, 0.25) is 5.91 Å². The quantitative estimate of drug-likeness (QED) is 0.440. The zero-order chi connectivity index (χ0) is 25.8. The van der Waals surface area contributed by atoms with Gasteiger partial charge < -0.3 is 20.6 Å². The van der Waals surface area contributed by atoms with E-state index in [1.807, 2.05) is 0 Å². The standard InChI is InChI=1S/C29H37FN4O3/c30-25-12-10-21(16-24(25)19-7-8-19)26(17-27(35)36)33-29(37)22-5-2-14-34(18-22)15-3-6-23-11-9-20-4-1-13-31-28(20)32-23/h9-12,16,19,22,26H,1-8,13-15,17-18H2,(H,31,32)(H,33,37)(H,35,36)/t22-,26-/m1/s1. The second kappa shape index (κ2) is 11.6. The Morgan fingerprint density at radius 1 is 1.19 bits per heavy atom. The van der Waals surface area contributed by atoms with Gasteiger partial charge in [0.1, 0.15) is 11.6 Å². The molecule has 3 aliphatic rings. The first kappa shape index (κ1) is 25.6. The van der Waals surface area contributed by atoms with E-state index >= 15 is 0 Å². The highest BCUT2D eigenvalue weighted by atomic mass is 19.1. The number of amides is 1. The minimum absolute atomic E-state index is 0.115. The molecule has 8 heteroatoms. The lowest BCUT2D eigenvalue weighted by molar-refractivity contribution is -0.138. The number of hydrogen-bond acceptors (Lipinski definition) is 5. The van der Waals surface area contributed by atoms with E-state index in [9.17, 15) is 19.1 Å². The highest BCUT2D eigenvalue weighted by molar-refractivity contribution is 5.80. The summed E-state index contributed by atoms with van der Waals surface area (Å²) in [4.78, 5) is 31.9. The summed E-state index contributed by atoms with van der Waals surface area (Å²) in [7, 11) is 0. The number of carboxylic acids is 1. The molecule has 2 atom stereocenters. The molecule has 1 aromatic carbocycles. The molecular weight excluding hydrogens is 471 g/mol. The van der Waals surface area contributed by atoms with Crippen LogP contribution in [0.3, 0.4) is 0 Å². The Kier molecular flexibility index (Phi) is 8.03. The molecule has 2 fully saturated rings. The first-order valence-corrected chi connectivity index (χ1v) is 13.7. The van der Waals surface area contributed by atoms with Gasteiger partial charge in [-0.1, -0.05) is 18.2 Å². The van der Waals surface area contributed by atoms with E-state index in [0.29, 0.717) is 17.7 Å². The molecular formula is C29H37FN4O3. The summed E-state index contributed by atoms with van der Waals surface area (Å²) in [6.45, 7) is 3.51. The number of nitrogens with zero attached hydrogens (tertiary/aromatic N) is 2. The van der Waals surface area contributed by atoms with Crippen LogP contribution in [0.15, 0.2) is 30.3 Å². The van der Waals surface area contributed by atoms with Gasteiger partial charge in [-0.3, -0.25) is 9.59 Å². The summed E-state index contributed by atoms with van der Waals surface area (Å²) in [5, 5.41) is 15.8. The average molecular weight is 509 g/mol. The summed E-state index contributed by atoms with van der Waals surface area (Å²) >= 11 is 0. The SMILES string of the molecule is O=C(O)C[C@@H](NC(=O)[C@@H]1CCCN(CCCc2ccc3c(n2)NCCC3)C1)c1ccc(F)c(C2CC2)c1. The highest BCUT2D eigenvalue weighted by Gasteiger charge is 2.30. The number of halogens is 1. The Labute approximate surface area is 217 Å². The molecule has 0 radical (unpaired) electrons. The van der Waals surface area contributed by atoms with Crippen molar-refractivity contribution in [1.29, 1.82) is 0 Å². The molecule has 37 heavy (non-hydrogen) atoms. The summed E-state index contributed by atoms with van der Waals surface area (Å²) in [5.41, 5.74) is 3.69. The number of hydrogen-bond donors (Lipinski definition) is 3. The largest absolute Gasteiger partial charge is 0.481 e. The van der Waals surface area contributed by atoms with Crippen molar-refractivity contribution in [2.45, 2.75) is 69.7 Å². The minimum Gasteiger partial charge on any atom is -0.481 e. The number of fused-ring (bicyclic) bond motifs is 1. The molecule has 1 amide bonds. The molecule has 1 aromatic heterocycles. The summed E-state index contributed by atoms with van der Waals surface area (Å²) in [6, 6.07) is 8.41. The Balaban J connectivity index is 1.15. The molecule has 198 valence electrons. The molecule has 1 saturated carbocycles. The number of carboxylic acid groups (broad SMARTS) is 1. The van der Waals surface area contributed by atoms with Gasteiger partial charge in [-0.2, -0.15) is 0 Å². The van der Waals surface area contributed by atoms with Gasteiger partial charge in [0.25, 0.3) is 0 Å². The van der Waals surface area contributed by atoms with Crippen LogP contribution in [0.25, 0.3) is 0 Å². The lowest BCUT2D eigenvalue weighted by Gasteiger charge is -2.33. The van der Waals surface area contributed by atoms with Gasteiger partial charge in [-0.15, -0.1) is 0 Å². The van der Waals surface area contributed by atoms with E-state index in [1.165, 1.54) is 11.6 Å². The number of aliphatic carboxylic acids is 1. The van der Waals surface area contributed by atoms with Crippen LogP contribution in [0.5, 0.6) is 0 Å². The molecule has 2 aromatic rings. The molecule has 1 saturated heterocycles. The molecule has 0 bridgehead atoms. The van der Waals surface area contributed by atoms with E-state index < -0.39 is 12.0 Å². The number of carbonyl (C=O) groups excluding carboxylic acids is 1. The van der Waals surface area contributed by atoms with Crippen molar-refractivity contribution in [3.8, 4) is 0 Å². The van der Waals surface area contributed by atoms with E-state index in [0.717, 1.165) is 82.5 Å². The monoisotopic (exact) mass is 508 g/mol. The van der Waals surface area contributed by atoms with Crippen LogP contribution in [0, 0.1) is 11.7 Å². The third kappa shape index (κ3) is 6.66. The van der Waals surface area contributed by atoms with Crippen molar-refractivity contribution in [1.82, 2.24) is 15.2 Å². The van der Waals surface area contributed by atoms with Gasteiger partial charge in [-0.25, -0.2) is 9.37 Å². The second-order valence-corrected chi connectivity index (χ2v) is 10.8. The maximum Gasteiger partial charge on any atom is 0.305 e. The topological polar surface area (TPSA) is 94.6 Å². The Hall–Kier alpha value is -3.00. The molecule has 3 N–H and O–H groups in total. The summed E-state index contributed by atoms with van der Waals surface area (Å²) < 4.78 is 14.3. The predicted molar refractivity (Wildman–Crippen MR) is 140 cm³/mol. The molecule has 3 heterocycles. The van der Waals surface area contributed by atoms with Crippen LogP contribution in [0.1, 0.15) is 79.3 Å². The average Bonchev–Trinajstić information content (AvgIpc) is 3.74. The number of nitrogens with one attached hydrogen (secondary N) is 2. The normalized spacial score (nSPS) is 20.5. The van der Waals surface area contributed by atoms with Crippen molar-refractivity contribution in [3.63, 3.8) is 0 Å². The maximum absolute atomic E-state index is 14.3. The molecule has 7 nitrogen and oxygen atoms in total. The van der Waals surface area contributed by atoms with Gasteiger partial charge in [0.05, 0.1) is 18.4 Å². The van der Waals surface area contributed by atoms with Crippen LogP contribution in [0.2, 0.25) is 0 Å². The molecule has 0 unspecified atom stereocenters. The fraction of sp³-hybridized carbons (Fsp3) is 0.552. The lowest BCUT2D eigenvalue weighted by Crippen LogP contribution is -2.44. The molecule has 2 aliphatic heterocycles. The van der Waals surface area contributed by atoms with Crippen molar-refractivity contribution >= 4 is 17.7 Å². The van der Waals surface area contributed by atoms with Crippen molar-refractivity contribution in [2.75, 3.05) is 31.5 Å². The molecule has 1 aliphatic carbocycles. The van der Waals surface area contributed by atoms with Crippen molar-refractivity contribution in [2.24, 2.45) is 5.92 Å². The Morgan fingerprint density at radius 3 is 2.86 bits per heavy atom. The number of aryl methyl sites for hydroxylation is 2. The van der Waals surface area contributed by atoms with Gasteiger partial charge in [0.15, 0.2) is 0 Å². The fourth-order valence-corrected chi connectivity index (χ4v) is 5.67. The van der Waals surface area contributed by atoms with Crippen LogP contribution in [0.4, 0.5) is 10.2 Å². The van der Waals surface area contributed by atoms with E-state index in [-0.39, 0.29) is 30.0 Å². The van der Waals surface area contributed by atoms with E-state index in [1.54, 1.807) is 12.1 Å². The number of aromatic nitrogens is 1. The highest BCUT2D eigenvalue weighted by Crippen LogP contribution is 2.42. The van der Waals surface area contributed by atoms with Crippen LogP contribution in [-0.2, 0) is 22.4 Å². The third-order valence-corrected chi connectivity index (χ3v) is 7.87. The Morgan fingerprint density at radius 2 is 2.05 bits per heavy atom. The summed E-state index contributed by atoms with van der Waals surface area (Å²) in [6.07, 6.45) is 7.52. The van der Waals surface area contributed by atoms with Crippen molar-refractivity contribution in [3.05, 3.63) is 58.5 Å². The van der Waals surface area contributed by atoms with Gasteiger partial charge in [-0.05, 0) is 99.2 Å². The second-order valence-electron chi connectivity index (χ2n) is 10.8. The van der Waals surface area contributed by atoms with Crippen LogP contribution < -0.4 is 10.6 Å². The zero-order valence-corrected chi connectivity index (χ0v) is 21.3. The number of piperidine rings is 1. The van der Waals surface area contributed by atoms with Crippen LogP contribution in [-0.4, -0.2) is 53.0 Å². The van der Waals surface area contributed by atoms with Gasteiger partial charge >= 0.3 is 5.97 Å². The molecule has 0 spiro atoms. The number of anilines is 1. The van der Waals surface area contributed by atoms with Crippen molar-refractivity contribution < 1.29 is 19.1 Å². The number of rotatable bonds is 10.